The minimum Gasteiger partial charge on any atom is -0.509 e. The number of carbonyl (C=O) groups excluding carboxylic acids is 2. The molecule has 0 fully saturated rings. The highest BCUT2D eigenvalue weighted by atomic mass is 16.3. The Hall–Kier alpha value is -2.56. The Kier molecular flexibility index (Phi) is 4.59. The van der Waals surface area contributed by atoms with Crippen LogP contribution in [0.25, 0.3) is 0 Å². The van der Waals surface area contributed by atoms with E-state index in [4.69, 9.17) is 0 Å². The number of benzene rings is 1. The Balaban J connectivity index is 2.21. The van der Waals surface area contributed by atoms with E-state index < -0.39 is 17.4 Å². The number of aliphatic hydroxyl groups is 1. The van der Waals surface area contributed by atoms with Crippen LogP contribution in [0, 0.1) is 0 Å². The van der Waals surface area contributed by atoms with E-state index in [-0.39, 0.29) is 11.3 Å². The Morgan fingerprint density at radius 2 is 2.00 bits per heavy atom. The molecule has 1 atom stereocenters. The molecule has 0 radical (unpaired) electrons. The predicted molar refractivity (Wildman–Crippen MR) is 90.2 cm³/mol. The number of aliphatic hydroxyl groups excluding tert-OH is 1. The molecule has 1 unspecified atom stereocenters. The fraction of sp³-hybridized carbons (Fsp3) is 0.333. The summed E-state index contributed by atoms with van der Waals surface area (Å²) in [6, 6.07) is 7.40. The zero-order valence-corrected chi connectivity index (χ0v) is 13.6. The van der Waals surface area contributed by atoms with Crippen LogP contribution in [0.4, 0.5) is 5.69 Å². The van der Waals surface area contributed by atoms with Crippen LogP contribution >= 0.6 is 0 Å². The van der Waals surface area contributed by atoms with Gasteiger partial charge in [-0.2, -0.15) is 0 Å². The third-order valence-corrected chi connectivity index (χ3v) is 3.99. The van der Waals surface area contributed by atoms with Gasteiger partial charge in [-0.25, -0.2) is 0 Å². The van der Waals surface area contributed by atoms with E-state index in [2.05, 4.69) is 31.1 Å². The first-order chi connectivity index (χ1) is 10.8. The monoisotopic (exact) mass is 314 g/mol. The molecule has 0 aromatic heterocycles. The number of carbonyl (C=O) groups is 2. The van der Waals surface area contributed by atoms with Gasteiger partial charge in [-0.05, 0) is 37.0 Å². The molecule has 0 aliphatic carbocycles. The molecule has 5 heteroatoms. The summed E-state index contributed by atoms with van der Waals surface area (Å²) in [5.41, 5.74) is 0.502. The standard InChI is InChI=1S/C18H22N2O3/c1-5-10-18(4)15(21)14(17(23)20-18)16(22)19-13-8-6-12(7-9-13)11(2)3/h5-9,11,21H,1,10H2,2-4H3,(H,19,22)(H,20,23). The molecular formula is C18H22N2O3. The maximum atomic E-state index is 12.3. The molecule has 2 amide bonds. The van der Waals surface area contributed by atoms with Crippen LogP contribution in [0.5, 0.6) is 0 Å². The van der Waals surface area contributed by atoms with Crippen molar-refractivity contribution in [3.63, 3.8) is 0 Å². The molecule has 1 aromatic rings. The minimum absolute atomic E-state index is 0.248. The molecule has 122 valence electrons. The van der Waals surface area contributed by atoms with Crippen molar-refractivity contribution in [2.45, 2.75) is 38.6 Å². The van der Waals surface area contributed by atoms with Crippen LogP contribution in [0.15, 0.2) is 48.3 Å². The number of anilines is 1. The zero-order chi connectivity index (χ0) is 17.2. The summed E-state index contributed by atoms with van der Waals surface area (Å²) in [5.74, 6) is -1.06. The minimum atomic E-state index is -0.979. The summed E-state index contributed by atoms with van der Waals surface area (Å²) in [7, 11) is 0. The number of hydrogen-bond acceptors (Lipinski definition) is 3. The van der Waals surface area contributed by atoms with Gasteiger partial charge in [0.2, 0.25) is 0 Å². The van der Waals surface area contributed by atoms with Crippen LogP contribution in [0.2, 0.25) is 0 Å². The van der Waals surface area contributed by atoms with Crippen molar-refractivity contribution in [3.05, 3.63) is 53.8 Å². The summed E-state index contributed by atoms with van der Waals surface area (Å²) < 4.78 is 0. The van der Waals surface area contributed by atoms with Gasteiger partial charge in [0.25, 0.3) is 11.8 Å². The lowest BCUT2D eigenvalue weighted by molar-refractivity contribution is -0.121. The average molecular weight is 314 g/mol. The van der Waals surface area contributed by atoms with Crippen molar-refractivity contribution in [1.29, 1.82) is 0 Å². The average Bonchev–Trinajstić information content (AvgIpc) is 2.69. The highest BCUT2D eigenvalue weighted by molar-refractivity contribution is 6.24. The second-order valence-corrected chi connectivity index (χ2v) is 6.23. The Morgan fingerprint density at radius 3 is 2.52 bits per heavy atom. The fourth-order valence-electron chi connectivity index (χ4n) is 2.55. The number of amides is 2. The largest absolute Gasteiger partial charge is 0.509 e. The van der Waals surface area contributed by atoms with Crippen molar-refractivity contribution in [2.75, 3.05) is 5.32 Å². The van der Waals surface area contributed by atoms with E-state index in [1.54, 1.807) is 25.1 Å². The lowest BCUT2D eigenvalue weighted by atomic mass is 9.96. The number of hydrogen-bond donors (Lipinski definition) is 3. The first-order valence-corrected chi connectivity index (χ1v) is 7.57. The summed E-state index contributed by atoms with van der Waals surface area (Å²) in [6.45, 7) is 9.42. The molecule has 2 rings (SSSR count). The van der Waals surface area contributed by atoms with E-state index in [1.807, 2.05) is 12.1 Å². The highest BCUT2D eigenvalue weighted by Gasteiger charge is 2.43. The first kappa shape index (κ1) is 16.8. The van der Waals surface area contributed by atoms with Gasteiger partial charge >= 0.3 is 0 Å². The van der Waals surface area contributed by atoms with Crippen molar-refractivity contribution < 1.29 is 14.7 Å². The van der Waals surface area contributed by atoms with E-state index in [9.17, 15) is 14.7 Å². The third kappa shape index (κ3) is 3.28. The second kappa shape index (κ2) is 6.28. The lowest BCUT2D eigenvalue weighted by Gasteiger charge is -2.22. The quantitative estimate of drug-likeness (QED) is 0.577. The van der Waals surface area contributed by atoms with Gasteiger partial charge in [0.15, 0.2) is 0 Å². The molecule has 1 aliphatic rings. The van der Waals surface area contributed by atoms with Crippen molar-refractivity contribution in [1.82, 2.24) is 5.32 Å². The van der Waals surface area contributed by atoms with Gasteiger partial charge in [0, 0.05) is 5.69 Å². The Labute approximate surface area is 136 Å². The Bertz CT molecular complexity index is 674. The van der Waals surface area contributed by atoms with Gasteiger partial charge in [-0.15, -0.1) is 6.58 Å². The van der Waals surface area contributed by atoms with E-state index in [1.165, 1.54) is 0 Å². The van der Waals surface area contributed by atoms with Crippen molar-refractivity contribution in [2.24, 2.45) is 0 Å². The van der Waals surface area contributed by atoms with Gasteiger partial charge in [0.1, 0.15) is 11.3 Å². The molecule has 1 aromatic carbocycles. The van der Waals surface area contributed by atoms with Crippen LogP contribution in [-0.4, -0.2) is 22.5 Å². The molecule has 1 aliphatic heterocycles. The van der Waals surface area contributed by atoms with Gasteiger partial charge < -0.3 is 15.7 Å². The van der Waals surface area contributed by atoms with Crippen LogP contribution in [0.3, 0.4) is 0 Å². The smallest absolute Gasteiger partial charge is 0.264 e. The Morgan fingerprint density at radius 1 is 1.39 bits per heavy atom. The highest BCUT2D eigenvalue weighted by Crippen LogP contribution is 2.29. The van der Waals surface area contributed by atoms with E-state index in [0.29, 0.717) is 18.0 Å². The number of nitrogens with one attached hydrogen (secondary N) is 2. The van der Waals surface area contributed by atoms with Gasteiger partial charge in [-0.1, -0.05) is 32.1 Å². The molecule has 0 spiro atoms. The maximum absolute atomic E-state index is 12.3. The zero-order valence-electron chi connectivity index (χ0n) is 13.6. The van der Waals surface area contributed by atoms with Crippen molar-refractivity contribution in [3.8, 4) is 0 Å². The normalized spacial score (nSPS) is 20.6. The fourth-order valence-corrected chi connectivity index (χ4v) is 2.55. The van der Waals surface area contributed by atoms with Gasteiger partial charge in [-0.3, -0.25) is 9.59 Å². The molecule has 23 heavy (non-hydrogen) atoms. The first-order valence-electron chi connectivity index (χ1n) is 7.57. The molecule has 0 bridgehead atoms. The molecule has 0 saturated heterocycles. The molecule has 0 saturated carbocycles. The topological polar surface area (TPSA) is 78.4 Å². The molecule has 1 heterocycles. The second-order valence-electron chi connectivity index (χ2n) is 6.23. The summed E-state index contributed by atoms with van der Waals surface area (Å²) in [5, 5.41) is 15.5. The summed E-state index contributed by atoms with van der Waals surface area (Å²) in [4.78, 5) is 24.4. The van der Waals surface area contributed by atoms with Crippen molar-refractivity contribution >= 4 is 17.5 Å². The molecule has 3 N–H and O–H groups in total. The summed E-state index contributed by atoms with van der Waals surface area (Å²) in [6.07, 6.45) is 1.92. The maximum Gasteiger partial charge on any atom is 0.264 e. The van der Waals surface area contributed by atoms with Gasteiger partial charge in [0.05, 0.1) is 5.54 Å². The number of rotatable bonds is 5. The molecular weight excluding hydrogens is 292 g/mol. The van der Waals surface area contributed by atoms with E-state index in [0.717, 1.165) is 5.56 Å². The third-order valence-electron chi connectivity index (χ3n) is 3.99. The van der Waals surface area contributed by atoms with Crippen LogP contribution in [0.1, 0.15) is 38.7 Å². The predicted octanol–water partition coefficient (Wildman–Crippen LogP) is 3.03. The summed E-state index contributed by atoms with van der Waals surface area (Å²) >= 11 is 0. The van der Waals surface area contributed by atoms with Crippen LogP contribution in [-0.2, 0) is 9.59 Å². The van der Waals surface area contributed by atoms with E-state index >= 15 is 0 Å². The molecule has 5 nitrogen and oxygen atoms in total. The SMILES string of the molecule is C=CCC1(C)NC(=O)C(C(=O)Nc2ccc(C(C)C)cc2)=C1O. The lowest BCUT2D eigenvalue weighted by Crippen LogP contribution is -2.41. The van der Waals surface area contributed by atoms with Crippen LogP contribution < -0.4 is 10.6 Å².